The number of nitrogens with zero attached hydrogens (tertiary/aromatic N) is 6. The summed E-state index contributed by atoms with van der Waals surface area (Å²) in [5.41, 5.74) is 3.63. The topological polar surface area (TPSA) is 89.0 Å². The number of aromatic nitrogens is 6. The van der Waals surface area contributed by atoms with Gasteiger partial charge in [-0.15, -0.1) is 6.42 Å². The summed E-state index contributed by atoms with van der Waals surface area (Å²) >= 11 is 0. The van der Waals surface area contributed by atoms with Crippen LogP contribution in [0.3, 0.4) is 0 Å². The number of rotatable bonds is 7. The summed E-state index contributed by atoms with van der Waals surface area (Å²) in [7, 11) is 3.12. The van der Waals surface area contributed by atoms with E-state index in [1.54, 1.807) is 31.0 Å². The first-order valence-corrected chi connectivity index (χ1v) is 9.88. The van der Waals surface area contributed by atoms with Crippen molar-refractivity contribution in [3.63, 3.8) is 0 Å². The minimum Gasteiger partial charge on any atom is -0.496 e. The molecule has 4 aromatic rings. The molecule has 0 spiro atoms. The highest BCUT2D eigenvalue weighted by atomic mass is 16.5. The fourth-order valence-electron chi connectivity index (χ4n) is 3.37. The van der Waals surface area contributed by atoms with E-state index >= 15 is 0 Å². The predicted octanol–water partition coefficient (Wildman–Crippen LogP) is 2.36. The molecule has 2 aromatic heterocycles. The average Bonchev–Trinajstić information content (AvgIpc) is 3.40. The highest BCUT2D eigenvalue weighted by Gasteiger charge is 2.16. The van der Waals surface area contributed by atoms with Gasteiger partial charge in [0.25, 0.3) is 0 Å². The van der Waals surface area contributed by atoms with Gasteiger partial charge in [-0.25, -0.2) is 4.79 Å². The zero-order valence-corrected chi connectivity index (χ0v) is 18.0. The molecule has 2 aromatic carbocycles. The zero-order chi connectivity index (χ0) is 22.7. The lowest BCUT2D eigenvalue weighted by molar-refractivity contribution is 0.294. The van der Waals surface area contributed by atoms with Gasteiger partial charge in [0.15, 0.2) is 0 Å². The number of hydrogen-bond donors (Lipinski definition) is 0. The molecule has 0 saturated carbocycles. The number of ether oxygens (including phenoxy) is 2. The summed E-state index contributed by atoms with van der Waals surface area (Å²) in [5.74, 6) is 3.87. The number of aryl methyl sites for hydroxylation is 2. The molecule has 0 fully saturated rings. The maximum atomic E-state index is 12.4. The van der Waals surface area contributed by atoms with Crippen molar-refractivity contribution in [3.05, 3.63) is 70.3 Å². The van der Waals surface area contributed by atoms with E-state index in [-0.39, 0.29) is 12.3 Å². The fraction of sp³-hybridized carbons (Fsp3) is 0.217. The van der Waals surface area contributed by atoms with Crippen LogP contribution in [0.4, 0.5) is 0 Å². The minimum atomic E-state index is -0.357. The van der Waals surface area contributed by atoms with E-state index in [0.29, 0.717) is 29.3 Å². The molecule has 162 valence electrons. The first-order valence-electron chi connectivity index (χ1n) is 9.88. The summed E-state index contributed by atoms with van der Waals surface area (Å²) in [6, 6.07) is 13.2. The smallest absolute Gasteiger partial charge is 0.368 e. The van der Waals surface area contributed by atoms with Gasteiger partial charge in [-0.05, 0) is 59.3 Å². The normalized spacial score (nSPS) is 10.7. The SMILES string of the molecule is C#CCn1ccc(-c2ccc(OCc3c(OC)cccc3-n3nnn(C)c3=O)c(C)c2)n1. The summed E-state index contributed by atoms with van der Waals surface area (Å²) < 4.78 is 15.7. The third kappa shape index (κ3) is 3.98. The van der Waals surface area contributed by atoms with Crippen molar-refractivity contribution in [3.8, 4) is 40.8 Å². The Kier molecular flexibility index (Phi) is 5.77. The van der Waals surface area contributed by atoms with Crippen molar-refractivity contribution in [1.29, 1.82) is 0 Å². The van der Waals surface area contributed by atoms with Crippen molar-refractivity contribution >= 4 is 0 Å². The lowest BCUT2D eigenvalue weighted by atomic mass is 10.1. The van der Waals surface area contributed by atoms with E-state index in [9.17, 15) is 4.79 Å². The molecule has 0 aliphatic carbocycles. The van der Waals surface area contributed by atoms with Crippen LogP contribution in [0.1, 0.15) is 11.1 Å². The van der Waals surface area contributed by atoms with Gasteiger partial charge in [-0.2, -0.15) is 14.5 Å². The molecule has 0 atom stereocenters. The summed E-state index contributed by atoms with van der Waals surface area (Å²) in [6.07, 6.45) is 7.20. The van der Waals surface area contributed by atoms with Crippen molar-refractivity contribution in [1.82, 2.24) is 29.6 Å². The molecule has 32 heavy (non-hydrogen) atoms. The van der Waals surface area contributed by atoms with Crippen LogP contribution in [0.25, 0.3) is 16.9 Å². The molecule has 0 amide bonds. The van der Waals surface area contributed by atoms with Crippen LogP contribution in [-0.4, -0.2) is 36.7 Å². The molecule has 0 N–H and O–H groups in total. The summed E-state index contributed by atoms with van der Waals surface area (Å²) in [4.78, 5) is 12.4. The van der Waals surface area contributed by atoms with Crippen molar-refractivity contribution < 1.29 is 9.47 Å². The molecule has 0 unspecified atom stereocenters. The molecule has 0 bridgehead atoms. The quantitative estimate of drug-likeness (QED) is 0.418. The van der Waals surface area contributed by atoms with Gasteiger partial charge in [0, 0.05) is 18.8 Å². The van der Waals surface area contributed by atoms with Gasteiger partial charge < -0.3 is 9.47 Å². The van der Waals surface area contributed by atoms with E-state index in [1.165, 1.54) is 4.68 Å². The second-order valence-corrected chi connectivity index (χ2v) is 7.13. The number of hydrogen-bond acceptors (Lipinski definition) is 6. The molecular formula is C23H22N6O3. The summed E-state index contributed by atoms with van der Waals surface area (Å²) in [5, 5.41) is 12.2. The number of tetrazole rings is 1. The maximum absolute atomic E-state index is 12.4. The Balaban J connectivity index is 1.60. The molecular weight excluding hydrogens is 408 g/mol. The van der Waals surface area contributed by atoms with Crippen LogP contribution in [0.15, 0.2) is 53.5 Å². The zero-order valence-electron chi connectivity index (χ0n) is 18.0. The maximum Gasteiger partial charge on any atom is 0.368 e. The average molecular weight is 430 g/mol. The predicted molar refractivity (Wildman–Crippen MR) is 119 cm³/mol. The Morgan fingerprint density at radius 1 is 1.12 bits per heavy atom. The van der Waals surface area contributed by atoms with Gasteiger partial charge in [-0.3, -0.25) is 4.68 Å². The lowest BCUT2D eigenvalue weighted by Crippen LogP contribution is -2.23. The van der Waals surface area contributed by atoms with Gasteiger partial charge >= 0.3 is 5.69 Å². The molecule has 9 heteroatoms. The van der Waals surface area contributed by atoms with Crippen LogP contribution >= 0.6 is 0 Å². The van der Waals surface area contributed by atoms with Crippen LogP contribution in [0.5, 0.6) is 11.5 Å². The molecule has 0 aliphatic rings. The lowest BCUT2D eigenvalue weighted by Gasteiger charge is -2.15. The van der Waals surface area contributed by atoms with E-state index in [1.807, 2.05) is 43.5 Å². The third-order valence-electron chi connectivity index (χ3n) is 5.01. The van der Waals surface area contributed by atoms with E-state index in [2.05, 4.69) is 21.4 Å². The molecule has 0 radical (unpaired) electrons. The Morgan fingerprint density at radius 3 is 2.66 bits per heavy atom. The molecule has 9 nitrogen and oxygen atoms in total. The Morgan fingerprint density at radius 2 is 1.97 bits per heavy atom. The first kappa shape index (κ1) is 20.9. The molecule has 4 rings (SSSR count). The van der Waals surface area contributed by atoms with Crippen molar-refractivity contribution in [2.24, 2.45) is 7.05 Å². The van der Waals surface area contributed by atoms with Crippen molar-refractivity contribution in [2.75, 3.05) is 7.11 Å². The minimum absolute atomic E-state index is 0.180. The van der Waals surface area contributed by atoms with E-state index < -0.39 is 0 Å². The first-order chi connectivity index (χ1) is 15.5. The standard InChI is InChI=1S/C23H22N6O3/c1-5-12-28-13-11-19(24-28)17-9-10-21(16(2)14-17)32-15-18-20(7-6-8-22(18)31-4)29-23(30)27(3)25-26-29/h1,6-11,13-14H,12,15H2,2-4H3. The van der Waals surface area contributed by atoms with Crippen LogP contribution in [-0.2, 0) is 20.2 Å². The second-order valence-electron chi connectivity index (χ2n) is 7.13. The monoisotopic (exact) mass is 430 g/mol. The highest BCUT2D eigenvalue weighted by molar-refractivity contribution is 5.61. The largest absolute Gasteiger partial charge is 0.496 e. The molecule has 0 saturated heterocycles. The van der Waals surface area contributed by atoms with Crippen LogP contribution < -0.4 is 15.2 Å². The van der Waals surface area contributed by atoms with Crippen LogP contribution in [0, 0.1) is 19.3 Å². The molecule has 0 aliphatic heterocycles. The number of terminal acetylenes is 1. The van der Waals surface area contributed by atoms with Crippen molar-refractivity contribution in [2.45, 2.75) is 20.1 Å². The second kappa shape index (κ2) is 8.81. The Labute approximate surface area is 184 Å². The van der Waals surface area contributed by atoms with Crippen LogP contribution in [0.2, 0.25) is 0 Å². The molecule has 2 heterocycles. The van der Waals surface area contributed by atoms with Gasteiger partial charge in [0.1, 0.15) is 24.7 Å². The van der Waals surface area contributed by atoms with Gasteiger partial charge in [0.2, 0.25) is 0 Å². The Bertz CT molecular complexity index is 1360. The van der Waals surface area contributed by atoms with E-state index in [0.717, 1.165) is 21.5 Å². The summed E-state index contributed by atoms with van der Waals surface area (Å²) in [6.45, 7) is 2.57. The highest BCUT2D eigenvalue weighted by Crippen LogP contribution is 2.29. The van der Waals surface area contributed by atoms with E-state index in [4.69, 9.17) is 15.9 Å². The number of methoxy groups -OCH3 is 1. The van der Waals surface area contributed by atoms with Gasteiger partial charge in [-0.1, -0.05) is 12.0 Å². The van der Waals surface area contributed by atoms with Gasteiger partial charge in [0.05, 0.1) is 24.1 Å². The third-order valence-corrected chi connectivity index (χ3v) is 5.01. The number of benzene rings is 2. The Hall–Kier alpha value is -4.32. The fourth-order valence-corrected chi connectivity index (χ4v) is 3.37.